The number of hydrogen-bond acceptors (Lipinski definition) is 6. The molecule has 20 heavy (non-hydrogen) atoms. The summed E-state index contributed by atoms with van der Waals surface area (Å²) in [7, 11) is 0.435. The number of benzene rings is 1. The molecule has 0 N–H and O–H groups in total. The highest BCUT2D eigenvalue weighted by Crippen LogP contribution is 2.23. The third kappa shape index (κ3) is 4.42. The zero-order valence-corrected chi connectivity index (χ0v) is 13.4. The molecule has 4 nitrogen and oxygen atoms in total. The molecular formula is C13H16N2O2S3. The van der Waals surface area contributed by atoms with Crippen LogP contribution in [0.4, 0.5) is 0 Å². The molecule has 0 spiro atoms. The zero-order valence-electron chi connectivity index (χ0n) is 11.0. The average Bonchev–Trinajstić information content (AvgIpc) is 2.74. The van der Waals surface area contributed by atoms with Crippen molar-refractivity contribution in [3.05, 3.63) is 29.8 Å². The minimum atomic E-state index is -3.26. The summed E-state index contributed by atoms with van der Waals surface area (Å²) in [6.45, 7) is 2.46. The second-order valence-corrected chi connectivity index (χ2v) is 9.25. The van der Waals surface area contributed by atoms with E-state index in [9.17, 15) is 8.42 Å². The van der Waals surface area contributed by atoms with Gasteiger partial charge in [0.2, 0.25) is 0 Å². The summed E-state index contributed by atoms with van der Waals surface area (Å²) < 4.78 is 24.5. The van der Waals surface area contributed by atoms with Crippen LogP contribution in [0, 0.1) is 11.3 Å². The Balaban J connectivity index is 1.97. The monoisotopic (exact) mass is 328 g/mol. The molecule has 1 aliphatic rings. The van der Waals surface area contributed by atoms with Gasteiger partial charge in [-0.3, -0.25) is 0 Å². The fraction of sp³-hybridized carbons (Fsp3) is 0.462. The highest BCUT2D eigenvalue weighted by Gasteiger charge is 2.17. The van der Waals surface area contributed by atoms with E-state index in [0.717, 1.165) is 24.6 Å². The normalized spacial score (nSPS) is 17.4. The van der Waals surface area contributed by atoms with E-state index in [0.29, 0.717) is 17.0 Å². The molecule has 1 aliphatic heterocycles. The van der Waals surface area contributed by atoms with Crippen molar-refractivity contribution < 1.29 is 8.42 Å². The first-order valence-electron chi connectivity index (χ1n) is 6.31. The van der Waals surface area contributed by atoms with Crippen LogP contribution in [-0.2, 0) is 9.84 Å². The molecule has 1 fully saturated rings. The Morgan fingerprint density at radius 1 is 1.15 bits per heavy atom. The Morgan fingerprint density at radius 2 is 1.75 bits per heavy atom. The fourth-order valence-corrected chi connectivity index (χ4v) is 5.23. The second kappa shape index (κ2) is 7.36. The molecule has 1 heterocycles. The SMILES string of the molecule is N#Cc1ccc(S(=O)(=O)CCN2CCSSCC2)cc1. The van der Waals surface area contributed by atoms with Crippen LogP contribution in [-0.4, -0.2) is 50.2 Å². The molecule has 108 valence electrons. The van der Waals surface area contributed by atoms with E-state index in [1.54, 1.807) is 12.1 Å². The standard InChI is InChI=1S/C13H16N2O2S3/c14-11-12-1-3-13(4-2-12)20(16,17)10-7-15-5-8-18-19-9-6-15/h1-4H,5-10H2. The molecule has 0 amide bonds. The van der Waals surface area contributed by atoms with Gasteiger partial charge in [0.1, 0.15) is 0 Å². The summed E-state index contributed by atoms with van der Waals surface area (Å²) in [6.07, 6.45) is 0. The van der Waals surface area contributed by atoms with Gasteiger partial charge in [0, 0.05) is 31.1 Å². The molecule has 0 aromatic heterocycles. The number of nitrogens with zero attached hydrogens (tertiary/aromatic N) is 2. The molecule has 7 heteroatoms. The second-order valence-electron chi connectivity index (χ2n) is 4.44. The molecule has 2 rings (SSSR count). The summed E-state index contributed by atoms with van der Waals surface area (Å²) in [6, 6.07) is 8.12. The maximum absolute atomic E-state index is 12.2. The molecule has 1 saturated heterocycles. The van der Waals surface area contributed by atoms with Gasteiger partial charge in [-0.15, -0.1) is 0 Å². The van der Waals surface area contributed by atoms with Crippen LogP contribution in [0.3, 0.4) is 0 Å². The van der Waals surface area contributed by atoms with Gasteiger partial charge in [-0.25, -0.2) is 8.42 Å². The first-order valence-corrected chi connectivity index (χ1v) is 10.5. The minimum Gasteiger partial charge on any atom is -0.301 e. The van der Waals surface area contributed by atoms with E-state index in [2.05, 4.69) is 4.90 Å². The lowest BCUT2D eigenvalue weighted by Crippen LogP contribution is -2.32. The van der Waals surface area contributed by atoms with Crippen LogP contribution in [0.1, 0.15) is 5.56 Å². The Labute approximate surface area is 127 Å². The number of sulfone groups is 1. The highest BCUT2D eigenvalue weighted by atomic mass is 33.1. The Morgan fingerprint density at radius 3 is 2.30 bits per heavy atom. The minimum absolute atomic E-state index is 0.133. The molecule has 0 bridgehead atoms. The van der Waals surface area contributed by atoms with Gasteiger partial charge in [0.25, 0.3) is 0 Å². The topological polar surface area (TPSA) is 61.2 Å². The van der Waals surface area contributed by atoms with Crippen molar-refractivity contribution in [3.8, 4) is 6.07 Å². The van der Waals surface area contributed by atoms with E-state index in [1.165, 1.54) is 12.1 Å². The van der Waals surface area contributed by atoms with Crippen LogP contribution in [0.2, 0.25) is 0 Å². The van der Waals surface area contributed by atoms with Gasteiger partial charge in [-0.1, -0.05) is 21.6 Å². The van der Waals surface area contributed by atoms with E-state index < -0.39 is 9.84 Å². The molecular weight excluding hydrogens is 312 g/mol. The summed E-state index contributed by atoms with van der Waals surface area (Å²) in [4.78, 5) is 2.50. The lowest BCUT2D eigenvalue weighted by Gasteiger charge is -2.18. The summed E-state index contributed by atoms with van der Waals surface area (Å²) >= 11 is 0. The predicted octanol–water partition coefficient (Wildman–Crippen LogP) is 2.03. The molecule has 0 unspecified atom stereocenters. The molecule has 0 saturated carbocycles. The van der Waals surface area contributed by atoms with E-state index in [-0.39, 0.29) is 5.75 Å². The summed E-state index contributed by atoms with van der Waals surface area (Å²) in [5.74, 6) is 2.22. The Hall–Kier alpha value is -0.680. The lowest BCUT2D eigenvalue weighted by molar-refractivity contribution is 0.328. The van der Waals surface area contributed by atoms with Gasteiger partial charge in [0.15, 0.2) is 9.84 Å². The smallest absolute Gasteiger partial charge is 0.179 e. The fourth-order valence-electron chi connectivity index (χ4n) is 1.89. The van der Waals surface area contributed by atoms with Crippen molar-refractivity contribution in [1.82, 2.24) is 4.90 Å². The van der Waals surface area contributed by atoms with Crippen LogP contribution in [0.25, 0.3) is 0 Å². The number of rotatable bonds is 4. The number of hydrogen-bond donors (Lipinski definition) is 0. The lowest BCUT2D eigenvalue weighted by atomic mass is 10.2. The Bertz CT molecular complexity index is 571. The Kier molecular flexibility index (Phi) is 5.78. The zero-order chi connectivity index (χ0) is 14.4. The molecule has 0 atom stereocenters. The van der Waals surface area contributed by atoms with Gasteiger partial charge in [-0.05, 0) is 24.3 Å². The molecule has 0 radical (unpaired) electrons. The van der Waals surface area contributed by atoms with Gasteiger partial charge < -0.3 is 4.90 Å². The first-order chi connectivity index (χ1) is 9.62. The third-order valence-electron chi connectivity index (χ3n) is 3.08. The van der Waals surface area contributed by atoms with Gasteiger partial charge in [-0.2, -0.15) is 5.26 Å². The van der Waals surface area contributed by atoms with Crippen molar-refractivity contribution in [2.45, 2.75) is 4.90 Å². The van der Waals surface area contributed by atoms with Crippen LogP contribution >= 0.6 is 21.6 Å². The molecule has 1 aromatic rings. The van der Waals surface area contributed by atoms with Crippen molar-refractivity contribution in [2.24, 2.45) is 0 Å². The average molecular weight is 328 g/mol. The first kappa shape index (κ1) is 15.7. The van der Waals surface area contributed by atoms with Gasteiger partial charge >= 0.3 is 0 Å². The molecule has 1 aromatic carbocycles. The van der Waals surface area contributed by atoms with Crippen LogP contribution in [0.5, 0.6) is 0 Å². The largest absolute Gasteiger partial charge is 0.301 e. The molecule has 0 aliphatic carbocycles. The third-order valence-corrected chi connectivity index (χ3v) is 7.16. The predicted molar refractivity (Wildman–Crippen MR) is 84.6 cm³/mol. The van der Waals surface area contributed by atoms with Crippen molar-refractivity contribution in [2.75, 3.05) is 36.9 Å². The van der Waals surface area contributed by atoms with E-state index in [1.807, 2.05) is 27.7 Å². The van der Waals surface area contributed by atoms with Gasteiger partial charge in [0.05, 0.1) is 22.3 Å². The number of nitriles is 1. The van der Waals surface area contributed by atoms with Crippen LogP contribution < -0.4 is 0 Å². The van der Waals surface area contributed by atoms with E-state index in [4.69, 9.17) is 5.26 Å². The van der Waals surface area contributed by atoms with E-state index >= 15 is 0 Å². The van der Waals surface area contributed by atoms with Crippen molar-refractivity contribution >= 4 is 31.4 Å². The maximum atomic E-state index is 12.2. The highest BCUT2D eigenvalue weighted by molar-refractivity contribution is 8.76. The summed E-state index contributed by atoms with van der Waals surface area (Å²) in [5.41, 5.74) is 0.477. The van der Waals surface area contributed by atoms with Crippen LogP contribution in [0.15, 0.2) is 29.2 Å². The van der Waals surface area contributed by atoms with Crippen molar-refractivity contribution in [3.63, 3.8) is 0 Å². The maximum Gasteiger partial charge on any atom is 0.179 e. The van der Waals surface area contributed by atoms with Crippen molar-refractivity contribution in [1.29, 1.82) is 5.26 Å². The summed E-state index contributed by atoms with van der Waals surface area (Å²) in [5, 5.41) is 8.72. The quantitative estimate of drug-likeness (QED) is 0.788.